The highest BCUT2D eigenvalue weighted by Gasteiger charge is 2.04. The van der Waals surface area contributed by atoms with Crippen LogP contribution in [-0.2, 0) is 0 Å². The first-order chi connectivity index (χ1) is 8.13. The Hall–Kier alpha value is -1.09. The predicted molar refractivity (Wildman–Crippen MR) is 71.8 cm³/mol. The SMILES string of the molecule is CCC(C)CN(C)CCNc1ccccc1F. The van der Waals surface area contributed by atoms with Gasteiger partial charge in [0.05, 0.1) is 5.69 Å². The molecule has 0 bridgehead atoms. The van der Waals surface area contributed by atoms with Crippen molar-refractivity contribution >= 4 is 5.69 Å². The predicted octanol–water partition coefficient (Wildman–Crippen LogP) is 3.22. The van der Waals surface area contributed by atoms with Gasteiger partial charge in [0.15, 0.2) is 0 Å². The molecule has 0 radical (unpaired) electrons. The van der Waals surface area contributed by atoms with Crippen LogP contribution < -0.4 is 5.32 Å². The van der Waals surface area contributed by atoms with Crippen LogP contribution in [0, 0.1) is 11.7 Å². The maximum Gasteiger partial charge on any atom is 0.146 e. The summed E-state index contributed by atoms with van der Waals surface area (Å²) in [6.45, 7) is 7.25. The largest absolute Gasteiger partial charge is 0.381 e. The molecule has 0 spiro atoms. The number of likely N-dealkylation sites (N-methyl/N-ethyl adjacent to an activating group) is 1. The van der Waals surface area contributed by atoms with E-state index in [0.717, 1.165) is 19.6 Å². The molecule has 1 atom stereocenters. The molecule has 3 heteroatoms. The van der Waals surface area contributed by atoms with Crippen LogP contribution in [0.5, 0.6) is 0 Å². The number of para-hydroxylation sites is 1. The van der Waals surface area contributed by atoms with Gasteiger partial charge in [0.25, 0.3) is 0 Å². The number of halogens is 1. The monoisotopic (exact) mass is 238 g/mol. The van der Waals surface area contributed by atoms with Gasteiger partial charge in [0, 0.05) is 19.6 Å². The third kappa shape index (κ3) is 5.18. The van der Waals surface area contributed by atoms with Gasteiger partial charge in [-0.3, -0.25) is 0 Å². The van der Waals surface area contributed by atoms with Gasteiger partial charge in [0.1, 0.15) is 5.82 Å². The number of anilines is 1. The summed E-state index contributed by atoms with van der Waals surface area (Å²) in [6, 6.07) is 6.79. The standard InChI is InChI=1S/C14H23FN2/c1-4-12(2)11-17(3)10-9-16-14-8-6-5-7-13(14)15/h5-8,12,16H,4,9-11H2,1-3H3. The summed E-state index contributed by atoms with van der Waals surface area (Å²) in [5.74, 6) is 0.533. The van der Waals surface area contributed by atoms with E-state index in [1.807, 2.05) is 6.07 Å². The van der Waals surface area contributed by atoms with Crippen molar-refractivity contribution < 1.29 is 4.39 Å². The van der Waals surface area contributed by atoms with Gasteiger partial charge < -0.3 is 10.2 Å². The second-order valence-electron chi connectivity index (χ2n) is 4.68. The van der Waals surface area contributed by atoms with E-state index < -0.39 is 0 Å². The fourth-order valence-corrected chi connectivity index (χ4v) is 1.74. The van der Waals surface area contributed by atoms with Gasteiger partial charge in [-0.25, -0.2) is 4.39 Å². The lowest BCUT2D eigenvalue weighted by atomic mass is 10.1. The van der Waals surface area contributed by atoms with Crippen LogP contribution in [0.1, 0.15) is 20.3 Å². The van der Waals surface area contributed by atoms with E-state index in [2.05, 4.69) is 31.1 Å². The Labute approximate surface area is 104 Å². The quantitative estimate of drug-likeness (QED) is 0.784. The molecule has 0 saturated heterocycles. The first-order valence-corrected chi connectivity index (χ1v) is 6.30. The van der Waals surface area contributed by atoms with Crippen LogP contribution in [0.25, 0.3) is 0 Å². The zero-order valence-corrected chi connectivity index (χ0v) is 11.0. The van der Waals surface area contributed by atoms with Crippen molar-refractivity contribution in [3.63, 3.8) is 0 Å². The number of benzene rings is 1. The van der Waals surface area contributed by atoms with Gasteiger partial charge in [-0.05, 0) is 25.1 Å². The Bertz CT molecular complexity index is 328. The topological polar surface area (TPSA) is 15.3 Å². The highest BCUT2D eigenvalue weighted by atomic mass is 19.1. The summed E-state index contributed by atoms with van der Waals surface area (Å²) >= 11 is 0. The van der Waals surface area contributed by atoms with Gasteiger partial charge in [-0.15, -0.1) is 0 Å². The molecule has 0 aromatic heterocycles. The Morgan fingerprint density at radius 3 is 2.71 bits per heavy atom. The molecule has 2 nitrogen and oxygen atoms in total. The summed E-state index contributed by atoms with van der Waals surface area (Å²) in [4.78, 5) is 2.28. The number of nitrogens with one attached hydrogen (secondary N) is 1. The molecule has 0 aliphatic rings. The molecule has 1 N–H and O–H groups in total. The summed E-state index contributed by atoms with van der Waals surface area (Å²) in [5.41, 5.74) is 0.587. The van der Waals surface area contributed by atoms with Crippen molar-refractivity contribution in [2.45, 2.75) is 20.3 Å². The Morgan fingerprint density at radius 1 is 1.35 bits per heavy atom. The van der Waals surface area contributed by atoms with E-state index in [4.69, 9.17) is 0 Å². The second kappa shape index (κ2) is 7.28. The second-order valence-corrected chi connectivity index (χ2v) is 4.68. The molecule has 17 heavy (non-hydrogen) atoms. The molecule has 1 rings (SSSR count). The van der Waals surface area contributed by atoms with E-state index in [9.17, 15) is 4.39 Å². The average Bonchev–Trinajstić information content (AvgIpc) is 2.31. The molecule has 1 unspecified atom stereocenters. The minimum atomic E-state index is -0.183. The molecule has 0 heterocycles. The highest BCUT2D eigenvalue weighted by Crippen LogP contribution is 2.11. The van der Waals surface area contributed by atoms with Crippen LogP contribution in [0.4, 0.5) is 10.1 Å². The van der Waals surface area contributed by atoms with Crippen molar-refractivity contribution in [2.75, 3.05) is 32.0 Å². The van der Waals surface area contributed by atoms with Crippen molar-refractivity contribution in [3.8, 4) is 0 Å². The normalized spacial score (nSPS) is 12.8. The molecule has 0 amide bonds. The Balaban J connectivity index is 2.26. The Morgan fingerprint density at radius 2 is 2.06 bits per heavy atom. The van der Waals surface area contributed by atoms with E-state index in [-0.39, 0.29) is 5.82 Å². The van der Waals surface area contributed by atoms with Gasteiger partial charge in [-0.1, -0.05) is 32.4 Å². The van der Waals surface area contributed by atoms with E-state index in [1.54, 1.807) is 12.1 Å². The molecule has 0 aliphatic carbocycles. The van der Waals surface area contributed by atoms with E-state index in [0.29, 0.717) is 11.6 Å². The molecule has 1 aromatic carbocycles. The zero-order chi connectivity index (χ0) is 12.7. The van der Waals surface area contributed by atoms with Crippen LogP contribution in [0.15, 0.2) is 24.3 Å². The molecular formula is C14H23FN2. The minimum absolute atomic E-state index is 0.183. The maximum atomic E-state index is 13.3. The maximum absolute atomic E-state index is 13.3. The zero-order valence-electron chi connectivity index (χ0n) is 11.0. The lowest BCUT2D eigenvalue weighted by Crippen LogP contribution is -2.29. The molecule has 0 aliphatic heterocycles. The number of rotatable bonds is 7. The van der Waals surface area contributed by atoms with Crippen LogP contribution in [0.3, 0.4) is 0 Å². The molecule has 1 aromatic rings. The number of hydrogen-bond acceptors (Lipinski definition) is 2. The van der Waals surface area contributed by atoms with Crippen LogP contribution in [0.2, 0.25) is 0 Å². The average molecular weight is 238 g/mol. The molecule has 96 valence electrons. The van der Waals surface area contributed by atoms with Crippen molar-refractivity contribution in [1.29, 1.82) is 0 Å². The third-order valence-corrected chi connectivity index (χ3v) is 3.00. The van der Waals surface area contributed by atoms with Crippen molar-refractivity contribution in [2.24, 2.45) is 5.92 Å². The summed E-state index contributed by atoms with van der Waals surface area (Å²) in [5, 5.41) is 3.12. The fourth-order valence-electron chi connectivity index (χ4n) is 1.74. The van der Waals surface area contributed by atoms with E-state index in [1.165, 1.54) is 12.5 Å². The van der Waals surface area contributed by atoms with E-state index >= 15 is 0 Å². The summed E-state index contributed by atoms with van der Waals surface area (Å²) in [7, 11) is 2.11. The molecular weight excluding hydrogens is 215 g/mol. The Kier molecular flexibility index (Phi) is 5.98. The molecule has 0 saturated carbocycles. The summed E-state index contributed by atoms with van der Waals surface area (Å²) in [6.07, 6.45) is 1.20. The van der Waals surface area contributed by atoms with Gasteiger partial charge in [-0.2, -0.15) is 0 Å². The van der Waals surface area contributed by atoms with Crippen molar-refractivity contribution in [3.05, 3.63) is 30.1 Å². The van der Waals surface area contributed by atoms with Gasteiger partial charge in [0.2, 0.25) is 0 Å². The minimum Gasteiger partial charge on any atom is -0.381 e. The smallest absolute Gasteiger partial charge is 0.146 e. The first kappa shape index (κ1) is 14.0. The van der Waals surface area contributed by atoms with Crippen LogP contribution >= 0.6 is 0 Å². The number of nitrogens with zero attached hydrogens (tertiary/aromatic N) is 1. The van der Waals surface area contributed by atoms with Crippen molar-refractivity contribution in [1.82, 2.24) is 4.90 Å². The fraction of sp³-hybridized carbons (Fsp3) is 0.571. The lowest BCUT2D eigenvalue weighted by Gasteiger charge is -2.20. The lowest BCUT2D eigenvalue weighted by molar-refractivity contribution is 0.291. The third-order valence-electron chi connectivity index (χ3n) is 3.00. The summed E-state index contributed by atoms with van der Waals surface area (Å²) < 4.78 is 13.3. The first-order valence-electron chi connectivity index (χ1n) is 6.30. The van der Waals surface area contributed by atoms with Crippen LogP contribution in [-0.4, -0.2) is 31.6 Å². The van der Waals surface area contributed by atoms with Gasteiger partial charge >= 0.3 is 0 Å². The highest BCUT2D eigenvalue weighted by molar-refractivity contribution is 5.44. The number of hydrogen-bond donors (Lipinski definition) is 1. The molecule has 0 fully saturated rings.